The molecule has 0 aliphatic rings. The highest BCUT2D eigenvalue weighted by molar-refractivity contribution is 6.33. The summed E-state index contributed by atoms with van der Waals surface area (Å²) in [5.74, 6) is 0.197. The molecule has 0 amide bonds. The molecule has 18 heavy (non-hydrogen) atoms. The van der Waals surface area contributed by atoms with Crippen molar-refractivity contribution in [2.45, 2.75) is 19.8 Å². The van der Waals surface area contributed by atoms with Crippen molar-refractivity contribution in [3.8, 4) is 11.3 Å². The minimum atomic E-state index is -0.867. The molecule has 4 nitrogen and oxygen atoms in total. The molecule has 0 fully saturated rings. The average Bonchev–Trinajstić information content (AvgIpc) is 2.68. The number of aromatic nitrogens is 1. The smallest absolute Gasteiger partial charge is 0.303 e. The highest BCUT2D eigenvalue weighted by Gasteiger charge is 2.16. The lowest BCUT2D eigenvalue weighted by molar-refractivity contribution is -0.137. The standard InChI is InChI=1S/C13H12ClNO3/c1-8-15-13(9-4-2-3-5-10(9)14)11(18-8)6-7-12(16)17/h2-5H,6-7H2,1H3,(H,16,17). The fourth-order valence-electron chi connectivity index (χ4n) is 1.72. The van der Waals surface area contributed by atoms with E-state index >= 15 is 0 Å². The molecule has 2 aromatic rings. The van der Waals surface area contributed by atoms with Gasteiger partial charge in [0, 0.05) is 18.9 Å². The summed E-state index contributed by atoms with van der Waals surface area (Å²) in [6, 6.07) is 7.29. The Kier molecular flexibility index (Phi) is 3.67. The van der Waals surface area contributed by atoms with Crippen molar-refractivity contribution in [1.29, 1.82) is 0 Å². The molecule has 0 atom stereocenters. The molecule has 1 heterocycles. The van der Waals surface area contributed by atoms with Crippen LogP contribution in [0.25, 0.3) is 11.3 Å². The third-order valence-electron chi connectivity index (χ3n) is 2.50. The van der Waals surface area contributed by atoms with Crippen LogP contribution in [-0.2, 0) is 11.2 Å². The SMILES string of the molecule is Cc1nc(-c2ccccc2Cl)c(CCC(=O)O)o1. The number of carboxylic acid groups (broad SMARTS) is 1. The lowest BCUT2D eigenvalue weighted by Gasteiger charge is -2.02. The van der Waals surface area contributed by atoms with Gasteiger partial charge in [-0.05, 0) is 6.07 Å². The maximum Gasteiger partial charge on any atom is 0.303 e. The van der Waals surface area contributed by atoms with Crippen molar-refractivity contribution < 1.29 is 14.3 Å². The quantitative estimate of drug-likeness (QED) is 0.921. The molecule has 0 unspecified atom stereocenters. The van der Waals surface area contributed by atoms with Gasteiger partial charge in [-0.25, -0.2) is 4.98 Å². The minimum Gasteiger partial charge on any atom is -0.481 e. The monoisotopic (exact) mass is 265 g/mol. The number of halogens is 1. The summed E-state index contributed by atoms with van der Waals surface area (Å²) in [7, 11) is 0. The van der Waals surface area contributed by atoms with Gasteiger partial charge in [-0.2, -0.15) is 0 Å². The van der Waals surface area contributed by atoms with Gasteiger partial charge in [0.1, 0.15) is 11.5 Å². The van der Waals surface area contributed by atoms with Crippen LogP contribution < -0.4 is 0 Å². The van der Waals surface area contributed by atoms with Crippen molar-refractivity contribution in [2.75, 3.05) is 0 Å². The first-order valence-corrected chi connectivity index (χ1v) is 5.88. The number of nitrogens with zero attached hydrogens (tertiary/aromatic N) is 1. The second-order valence-corrected chi connectivity index (χ2v) is 4.29. The predicted molar refractivity (Wildman–Crippen MR) is 67.6 cm³/mol. The van der Waals surface area contributed by atoms with Crippen LogP contribution in [0.4, 0.5) is 0 Å². The first-order chi connectivity index (χ1) is 8.58. The molecule has 0 aliphatic heterocycles. The number of oxazole rings is 1. The molecule has 2 rings (SSSR count). The van der Waals surface area contributed by atoms with Gasteiger partial charge < -0.3 is 9.52 Å². The van der Waals surface area contributed by atoms with Gasteiger partial charge in [-0.3, -0.25) is 4.79 Å². The number of carbonyl (C=O) groups is 1. The third-order valence-corrected chi connectivity index (χ3v) is 2.83. The summed E-state index contributed by atoms with van der Waals surface area (Å²) in [4.78, 5) is 14.9. The Balaban J connectivity index is 2.38. The third kappa shape index (κ3) is 2.71. The van der Waals surface area contributed by atoms with Gasteiger partial charge >= 0.3 is 5.97 Å². The highest BCUT2D eigenvalue weighted by Crippen LogP contribution is 2.30. The molecule has 0 saturated heterocycles. The molecular weight excluding hydrogens is 254 g/mol. The van der Waals surface area contributed by atoms with Gasteiger partial charge in [0.2, 0.25) is 0 Å². The summed E-state index contributed by atoms with van der Waals surface area (Å²) >= 11 is 6.10. The fourth-order valence-corrected chi connectivity index (χ4v) is 1.95. The summed E-state index contributed by atoms with van der Waals surface area (Å²) in [6.45, 7) is 1.73. The molecule has 0 radical (unpaired) electrons. The van der Waals surface area contributed by atoms with Gasteiger partial charge in [0.15, 0.2) is 5.89 Å². The number of hydrogen-bond donors (Lipinski definition) is 1. The van der Waals surface area contributed by atoms with Crippen LogP contribution in [0.2, 0.25) is 5.02 Å². The van der Waals surface area contributed by atoms with E-state index in [-0.39, 0.29) is 6.42 Å². The molecular formula is C13H12ClNO3. The van der Waals surface area contributed by atoms with Gasteiger partial charge in [0.25, 0.3) is 0 Å². The molecule has 0 saturated carbocycles. The zero-order valence-electron chi connectivity index (χ0n) is 9.81. The van der Waals surface area contributed by atoms with Crippen LogP contribution in [0, 0.1) is 6.92 Å². The molecule has 1 N–H and O–H groups in total. The molecule has 5 heteroatoms. The molecule has 94 valence electrons. The van der Waals surface area contributed by atoms with Gasteiger partial charge in [-0.15, -0.1) is 0 Å². The zero-order chi connectivity index (χ0) is 13.1. The molecule has 0 aliphatic carbocycles. The van der Waals surface area contributed by atoms with E-state index in [1.165, 1.54) is 0 Å². The van der Waals surface area contributed by atoms with E-state index in [0.717, 1.165) is 5.56 Å². The zero-order valence-corrected chi connectivity index (χ0v) is 10.6. The van der Waals surface area contributed by atoms with E-state index in [1.54, 1.807) is 13.0 Å². The van der Waals surface area contributed by atoms with Crippen LogP contribution in [-0.4, -0.2) is 16.1 Å². The maximum atomic E-state index is 10.6. The van der Waals surface area contributed by atoms with Crippen LogP contribution in [0.1, 0.15) is 18.1 Å². The summed E-state index contributed by atoms with van der Waals surface area (Å²) in [5.41, 5.74) is 1.38. The van der Waals surface area contributed by atoms with E-state index < -0.39 is 5.97 Å². The number of rotatable bonds is 4. The summed E-state index contributed by atoms with van der Waals surface area (Å²) in [6.07, 6.45) is 0.308. The normalized spacial score (nSPS) is 10.6. The Hall–Kier alpha value is -1.81. The molecule has 0 bridgehead atoms. The van der Waals surface area contributed by atoms with Crippen LogP contribution >= 0.6 is 11.6 Å². The van der Waals surface area contributed by atoms with Crippen LogP contribution in [0.5, 0.6) is 0 Å². The molecule has 0 spiro atoms. The van der Waals surface area contributed by atoms with E-state index in [9.17, 15) is 4.79 Å². The lowest BCUT2D eigenvalue weighted by atomic mass is 10.1. The van der Waals surface area contributed by atoms with Crippen molar-refractivity contribution in [3.63, 3.8) is 0 Å². The Labute approximate surface area is 109 Å². The van der Waals surface area contributed by atoms with Gasteiger partial charge in [0.05, 0.1) is 11.4 Å². The van der Waals surface area contributed by atoms with E-state index in [2.05, 4.69) is 4.98 Å². The molecule has 1 aromatic heterocycles. The highest BCUT2D eigenvalue weighted by atomic mass is 35.5. The summed E-state index contributed by atoms with van der Waals surface area (Å²) < 4.78 is 5.44. The number of hydrogen-bond acceptors (Lipinski definition) is 3. The molecule has 1 aromatic carbocycles. The topological polar surface area (TPSA) is 63.3 Å². The lowest BCUT2D eigenvalue weighted by Crippen LogP contribution is -1.97. The first kappa shape index (κ1) is 12.6. The van der Waals surface area contributed by atoms with Crippen molar-refractivity contribution in [3.05, 3.63) is 40.9 Å². The predicted octanol–water partition coefficient (Wildman–Crippen LogP) is 3.32. The number of carboxylic acids is 1. The Morgan fingerprint density at radius 1 is 1.44 bits per heavy atom. The summed E-state index contributed by atoms with van der Waals surface area (Å²) in [5, 5.41) is 9.28. The largest absolute Gasteiger partial charge is 0.481 e. The van der Waals surface area contributed by atoms with E-state index in [4.69, 9.17) is 21.1 Å². The fraction of sp³-hybridized carbons (Fsp3) is 0.231. The van der Waals surface area contributed by atoms with E-state index in [0.29, 0.717) is 28.8 Å². The number of aliphatic carboxylic acids is 1. The first-order valence-electron chi connectivity index (χ1n) is 5.51. The minimum absolute atomic E-state index is 0.00604. The Morgan fingerprint density at radius 3 is 2.83 bits per heavy atom. The van der Waals surface area contributed by atoms with Crippen molar-refractivity contribution in [1.82, 2.24) is 4.98 Å². The maximum absolute atomic E-state index is 10.6. The van der Waals surface area contributed by atoms with Crippen molar-refractivity contribution in [2.24, 2.45) is 0 Å². The number of benzene rings is 1. The Bertz CT molecular complexity index is 577. The number of aryl methyl sites for hydroxylation is 2. The second kappa shape index (κ2) is 5.23. The van der Waals surface area contributed by atoms with Crippen LogP contribution in [0.3, 0.4) is 0 Å². The van der Waals surface area contributed by atoms with Crippen molar-refractivity contribution >= 4 is 17.6 Å². The van der Waals surface area contributed by atoms with E-state index in [1.807, 2.05) is 18.2 Å². The average molecular weight is 266 g/mol. The van der Waals surface area contributed by atoms with Gasteiger partial charge in [-0.1, -0.05) is 29.8 Å². The Morgan fingerprint density at radius 2 is 2.17 bits per heavy atom. The van der Waals surface area contributed by atoms with Crippen LogP contribution in [0.15, 0.2) is 28.7 Å². The second-order valence-electron chi connectivity index (χ2n) is 3.88.